The van der Waals surface area contributed by atoms with Crippen molar-refractivity contribution in [2.24, 2.45) is 0 Å². The number of carbonyl (C=O) groups is 2. The summed E-state index contributed by atoms with van der Waals surface area (Å²) in [4.78, 5) is 28.3. The molecule has 0 bridgehead atoms. The molecule has 0 heterocycles. The molecule has 2 aromatic carbocycles. The minimum atomic E-state index is -4.47. The van der Waals surface area contributed by atoms with Gasteiger partial charge < -0.3 is 5.32 Å². The summed E-state index contributed by atoms with van der Waals surface area (Å²) in [7, 11) is 0. The van der Waals surface area contributed by atoms with Crippen LogP contribution in [-0.4, -0.2) is 18.4 Å². The van der Waals surface area contributed by atoms with E-state index in [0.717, 1.165) is 29.8 Å². The minimum Gasteiger partial charge on any atom is -0.343 e. The van der Waals surface area contributed by atoms with Crippen molar-refractivity contribution in [2.75, 3.05) is 6.54 Å². The predicted molar refractivity (Wildman–Crippen MR) is 83.2 cm³/mol. The van der Waals surface area contributed by atoms with Crippen LogP contribution < -0.4 is 10.8 Å². The van der Waals surface area contributed by atoms with Gasteiger partial charge in [-0.25, -0.2) is 5.48 Å². The highest BCUT2D eigenvalue weighted by atomic mass is 19.4. The molecular weight excluding hydrogens is 337 g/mol. The summed E-state index contributed by atoms with van der Waals surface area (Å²) in [6, 6.07) is 12.8. The van der Waals surface area contributed by atoms with Crippen LogP contribution in [0.25, 0.3) is 0 Å². The molecule has 8 heteroatoms. The molecule has 0 spiro atoms. The topological polar surface area (TPSA) is 67.4 Å². The van der Waals surface area contributed by atoms with E-state index < -0.39 is 23.6 Å². The molecule has 0 unspecified atom stereocenters. The number of nitrogens with one attached hydrogen (secondary N) is 2. The number of alkyl halides is 3. The standard InChI is InChI=1S/C17H15F3N2O3/c18-17(19,20)14-8-6-13(7-9-14)16(24)21-10-15(23)22-25-11-12-4-2-1-3-5-12/h1-9H,10-11H2,(H,21,24)(H,22,23). The van der Waals surface area contributed by atoms with E-state index in [2.05, 4.69) is 10.8 Å². The third kappa shape index (κ3) is 5.92. The van der Waals surface area contributed by atoms with Gasteiger partial charge in [-0.05, 0) is 29.8 Å². The van der Waals surface area contributed by atoms with E-state index in [4.69, 9.17) is 4.84 Å². The van der Waals surface area contributed by atoms with Gasteiger partial charge in [0.25, 0.3) is 11.8 Å². The average Bonchev–Trinajstić information content (AvgIpc) is 2.60. The highest BCUT2D eigenvalue weighted by Crippen LogP contribution is 2.28. The Morgan fingerprint density at radius 1 is 0.960 bits per heavy atom. The predicted octanol–water partition coefficient (Wildman–Crippen LogP) is 2.68. The summed E-state index contributed by atoms with van der Waals surface area (Å²) < 4.78 is 37.3. The fourth-order valence-corrected chi connectivity index (χ4v) is 1.88. The summed E-state index contributed by atoms with van der Waals surface area (Å²) in [5.41, 5.74) is 2.19. The lowest BCUT2D eigenvalue weighted by Gasteiger charge is -2.09. The van der Waals surface area contributed by atoms with Gasteiger partial charge in [0.2, 0.25) is 0 Å². The fourth-order valence-electron chi connectivity index (χ4n) is 1.88. The van der Waals surface area contributed by atoms with Gasteiger partial charge >= 0.3 is 6.18 Å². The van der Waals surface area contributed by atoms with Crippen molar-refractivity contribution in [1.29, 1.82) is 0 Å². The van der Waals surface area contributed by atoms with Gasteiger partial charge in [0.05, 0.1) is 18.7 Å². The molecule has 25 heavy (non-hydrogen) atoms. The largest absolute Gasteiger partial charge is 0.416 e. The quantitative estimate of drug-likeness (QED) is 0.786. The number of hydrogen-bond acceptors (Lipinski definition) is 3. The molecule has 2 aromatic rings. The highest BCUT2D eigenvalue weighted by molar-refractivity contribution is 5.96. The zero-order chi connectivity index (χ0) is 18.3. The summed E-state index contributed by atoms with van der Waals surface area (Å²) in [6.45, 7) is -0.200. The monoisotopic (exact) mass is 352 g/mol. The van der Waals surface area contributed by atoms with Gasteiger partial charge in [0.15, 0.2) is 0 Å². The molecular formula is C17H15F3N2O3. The number of amides is 2. The first kappa shape index (κ1) is 18.5. The Kier molecular flexibility index (Phi) is 6.13. The van der Waals surface area contributed by atoms with Crippen LogP contribution in [0.5, 0.6) is 0 Å². The van der Waals surface area contributed by atoms with Crippen molar-refractivity contribution < 1.29 is 27.6 Å². The van der Waals surface area contributed by atoms with Crippen molar-refractivity contribution >= 4 is 11.8 Å². The van der Waals surface area contributed by atoms with Crippen molar-refractivity contribution in [3.63, 3.8) is 0 Å². The molecule has 0 radical (unpaired) electrons. The lowest BCUT2D eigenvalue weighted by Crippen LogP contribution is -2.36. The molecule has 0 aliphatic rings. The molecule has 0 aliphatic carbocycles. The molecule has 5 nitrogen and oxygen atoms in total. The van der Waals surface area contributed by atoms with Crippen molar-refractivity contribution in [3.05, 3.63) is 71.3 Å². The van der Waals surface area contributed by atoms with Crippen molar-refractivity contribution in [1.82, 2.24) is 10.8 Å². The average molecular weight is 352 g/mol. The molecule has 2 amide bonds. The Morgan fingerprint density at radius 3 is 2.20 bits per heavy atom. The summed E-state index contributed by atoms with van der Waals surface area (Å²) in [5, 5.41) is 2.29. The van der Waals surface area contributed by atoms with Crippen LogP contribution in [0, 0.1) is 0 Å². The Hall–Kier alpha value is -2.87. The molecule has 0 saturated carbocycles. The van der Waals surface area contributed by atoms with E-state index in [-0.39, 0.29) is 18.7 Å². The first-order chi connectivity index (χ1) is 11.9. The number of carbonyl (C=O) groups excluding carboxylic acids is 2. The van der Waals surface area contributed by atoms with E-state index in [0.29, 0.717) is 0 Å². The zero-order valence-corrected chi connectivity index (χ0v) is 13.0. The third-order valence-corrected chi connectivity index (χ3v) is 3.15. The first-order valence-electron chi connectivity index (χ1n) is 7.26. The van der Waals surface area contributed by atoms with E-state index in [1.165, 1.54) is 0 Å². The molecule has 0 aromatic heterocycles. The van der Waals surface area contributed by atoms with Crippen molar-refractivity contribution in [2.45, 2.75) is 12.8 Å². The van der Waals surface area contributed by atoms with Crippen LogP contribution in [0.1, 0.15) is 21.5 Å². The normalized spacial score (nSPS) is 11.0. The third-order valence-electron chi connectivity index (χ3n) is 3.15. The number of benzene rings is 2. The summed E-state index contributed by atoms with van der Waals surface area (Å²) in [6.07, 6.45) is -4.47. The van der Waals surface area contributed by atoms with Gasteiger partial charge in [0.1, 0.15) is 0 Å². The first-order valence-corrected chi connectivity index (χ1v) is 7.26. The van der Waals surface area contributed by atoms with E-state index in [1.807, 2.05) is 30.3 Å². The molecule has 0 atom stereocenters. The highest BCUT2D eigenvalue weighted by Gasteiger charge is 2.30. The molecule has 0 fully saturated rings. The number of rotatable bonds is 6. The van der Waals surface area contributed by atoms with E-state index >= 15 is 0 Å². The van der Waals surface area contributed by atoms with Crippen LogP contribution in [0.2, 0.25) is 0 Å². The lowest BCUT2D eigenvalue weighted by atomic mass is 10.1. The molecule has 0 saturated heterocycles. The number of halogens is 3. The van der Waals surface area contributed by atoms with Gasteiger partial charge in [-0.2, -0.15) is 13.2 Å². The molecule has 2 N–H and O–H groups in total. The van der Waals surface area contributed by atoms with E-state index in [9.17, 15) is 22.8 Å². The van der Waals surface area contributed by atoms with Crippen LogP contribution in [-0.2, 0) is 22.4 Å². The van der Waals surface area contributed by atoms with Crippen LogP contribution in [0.4, 0.5) is 13.2 Å². The van der Waals surface area contributed by atoms with Gasteiger partial charge in [0, 0.05) is 5.56 Å². The Morgan fingerprint density at radius 2 is 1.60 bits per heavy atom. The van der Waals surface area contributed by atoms with Crippen LogP contribution >= 0.6 is 0 Å². The Bertz CT molecular complexity index is 716. The van der Waals surface area contributed by atoms with E-state index in [1.54, 1.807) is 0 Å². The second-order valence-electron chi connectivity index (χ2n) is 5.06. The maximum Gasteiger partial charge on any atom is 0.416 e. The second-order valence-corrected chi connectivity index (χ2v) is 5.06. The maximum atomic E-state index is 12.4. The maximum absolute atomic E-state index is 12.4. The van der Waals surface area contributed by atoms with Gasteiger partial charge in [-0.3, -0.25) is 14.4 Å². The zero-order valence-electron chi connectivity index (χ0n) is 13.0. The molecule has 0 aliphatic heterocycles. The minimum absolute atomic E-state index is 0.0194. The Balaban J connectivity index is 1.74. The summed E-state index contributed by atoms with van der Waals surface area (Å²) >= 11 is 0. The van der Waals surface area contributed by atoms with Crippen LogP contribution in [0.3, 0.4) is 0 Å². The number of hydrogen-bond donors (Lipinski definition) is 2. The Labute approximate surface area is 141 Å². The lowest BCUT2D eigenvalue weighted by molar-refractivity contribution is -0.137. The smallest absolute Gasteiger partial charge is 0.343 e. The second kappa shape index (κ2) is 8.29. The van der Waals surface area contributed by atoms with Gasteiger partial charge in [-0.15, -0.1) is 0 Å². The summed E-state index contributed by atoms with van der Waals surface area (Å²) in [5.74, 6) is -1.25. The SMILES string of the molecule is O=C(CNC(=O)c1ccc(C(F)(F)F)cc1)NOCc1ccccc1. The fraction of sp³-hybridized carbons (Fsp3) is 0.176. The van der Waals surface area contributed by atoms with Crippen LogP contribution in [0.15, 0.2) is 54.6 Å². The van der Waals surface area contributed by atoms with Crippen molar-refractivity contribution in [3.8, 4) is 0 Å². The van der Waals surface area contributed by atoms with Gasteiger partial charge in [-0.1, -0.05) is 30.3 Å². The number of hydroxylamine groups is 1. The molecule has 132 valence electrons. The molecule has 2 rings (SSSR count).